The number of hydrogen-bond donors (Lipinski definition) is 1. The van der Waals surface area contributed by atoms with Crippen LogP contribution in [0.4, 0.5) is 4.39 Å². The third-order valence-electron chi connectivity index (χ3n) is 2.80. The van der Waals surface area contributed by atoms with E-state index in [1.54, 1.807) is 13.8 Å². The lowest BCUT2D eigenvalue weighted by atomic mass is 9.81. The van der Waals surface area contributed by atoms with Crippen LogP contribution in [0.5, 0.6) is 11.5 Å². The predicted molar refractivity (Wildman–Crippen MR) is 64.8 cm³/mol. The van der Waals surface area contributed by atoms with Crippen molar-refractivity contribution in [3.63, 3.8) is 0 Å². The van der Waals surface area contributed by atoms with Crippen molar-refractivity contribution in [2.45, 2.75) is 25.7 Å². The summed E-state index contributed by atoms with van der Waals surface area (Å²) in [5.41, 5.74) is -0.0799. The van der Waals surface area contributed by atoms with Crippen LogP contribution in [0, 0.1) is 5.82 Å². The van der Waals surface area contributed by atoms with Gasteiger partial charge in [0.25, 0.3) is 0 Å². The summed E-state index contributed by atoms with van der Waals surface area (Å²) >= 11 is 0. The molecule has 0 aliphatic rings. The van der Waals surface area contributed by atoms with Gasteiger partial charge < -0.3 is 14.6 Å². The monoisotopic (exact) mass is 256 g/mol. The Bertz CT molecular complexity index is 455. The maximum absolute atomic E-state index is 13.5. The van der Waals surface area contributed by atoms with E-state index in [1.165, 1.54) is 26.4 Å². The first-order valence-corrected chi connectivity index (χ1v) is 5.45. The van der Waals surface area contributed by atoms with Gasteiger partial charge in [-0.05, 0) is 6.07 Å². The number of halogens is 1. The number of methoxy groups -OCH3 is 2. The van der Waals surface area contributed by atoms with E-state index in [2.05, 4.69) is 0 Å². The van der Waals surface area contributed by atoms with Gasteiger partial charge in [-0.15, -0.1) is 0 Å². The quantitative estimate of drug-likeness (QED) is 0.879. The summed E-state index contributed by atoms with van der Waals surface area (Å²) in [6, 6.07) is 2.69. The van der Waals surface area contributed by atoms with Crippen molar-refractivity contribution in [1.29, 1.82) is 0 Å². The lowest BCUT2D eigenvalue weighted by Crippen LogP contribution is -2.22. The van der Waals surface area contributed by atoms with Crippen molar-refractivity contribution in [2.24, 2.45) is 0 Å². The number of carboxylic acid groups (broad SMARTS) is 1. The molecular weight excluding hydrogens is 239 g/mol. The van der Waals surface area contributed by atoms with E-state index < -0.39 is 17.2 Å². The molecule has 1 aromatic rings. The Morgan fingerprint density at radius 2 is 1.83 bits per heavy atom. The highest BCUT2D eigenvalue weighted by Gasteiger charge is 2.29. The summed E-state index contributed by atoms with van der Waals surface area (Å²) in [5, 5.41) is 8.91. The van der Waals surface area contributed by atoms with Crippen LogP contribution in [-0.2, 0) is 10.2 Å². The average Bonchev–Trinajstić information content (AvgIpc) is 2.26. The van der Waals surface area contributed by atoms with Crippen molar-refractivity contribution in [3.05, 3.63) is 23.5 Å². The number of carbonyl (C=O) groups is 1. The zero-order chi connectivity index (χ0) is 13.9. The number of aliphatic carboxylic acids is 1. The fourth-order valence-electron chi connectivity index (χ4n) is 1.86. The largest absolute Gasteiger partial charge is 0.496 e. The van der Waals surface area contributed by atoms with Crippen molar-refractivity contribution in [2.75, 3.05) is 14.2 Å². The SMILES string of the molecule is COc1cc(C(C)(C)CC(=O)O)c(OC)cc1F. The number of ether oxygens (including phenoxy) is 2. The zero-order valence-corrected chi connectivity index (χ0v) is 10.9. The molecule has 0 saturated heterocycles. The number of rotatable bonds is 5. The molecule has 0 heterocycles. The smallest absolute Gasteiger partial charge is 0.304 e. The van der Waals surface area contributed by atoms with Gasteiger partial charge >= 0.3 is 5.97 Å². The molecule has 0 spiro atoms. The topological polar surface area (TPSA) is 55.8 Å². The second-order valence-electron chi connectivity index (χ2n) is 4.64. The van der Waals surface area contributed by atoms with Crippen LogP contribution in [0.1, 0.15) is 25.8 Å². The highest BCUT2D eigenvalue weighted by atomic mass is 19.1. The van der Waals surface area contributed by atoms with Gasteiger partial charge in [-0.2, -0.15) is 0 Å². The van der Waals surface area contributed by atoms with Crippen LogP contribution in [0.15, 0.2) is 12.1 Å². The Morgan fingerprint density at radius 3 is 2.28 bits per heavy atom. The Labute approximate surface area is 105 Å². The third-order valence-corrected chi connectivity index (χ3v) is 2.80. The first-order chi connectivity index (χ1) is 8.31. The van der Waals surface area contributed by atoms with E-state index in [4.69, 9.17) is 14.6 Å². The average molecular weight is 256 g/mol. The normalized spacial score (nSPS) is 11.2. The molecule has 0 bridgehead atoms. The Balaban J connectivity index is 3.32. The van der Waals surface area contributed by atoms with Crippen LogP contribution >= 0.6 is 0 Å². The Kier molecular flexibility index (Phi) is 4.16. The molecule has 0 aliphatic heterocycles. The summed E-state index contributed by atoms with van der Waals surface area (Å²) in [6.45, 7) is 3.52. The fourth-order valence-corrected chi connectivity index (χ4v) is 1.86. The van der Waals surface area contributed by atoms with Crippen LogP contribution < -0.4 is 9.47 Å². The summed E-state index contributed by atoms with van der Waals surface area (Å²) in [4.78, 5) is 10.9. The molecule has 1 rings (SSSR count). The van der Waals surface area contributed by atoms with Gasteiger partial charge in [-0.1, -0.05) is 13.8 Å². The summed E-state index contributed by atoms with van der Waals surface area (Å²) in [7, 11) is 2.78. The summed E-state index contributed by atoms with van der Waals surface area (Å²) in [6.07, 6.45) is -0.0852. The van der Waals surface area contributed by atoms with Crippen molar-refractivity contribution in [3.8, 4) is 11.5 Å². The van der Waals surface area contributed by atoms with Gasteiger partial charge in [0, 0.05) is 17.0 Å². The van der Waals surface area contributed by atoms with Gasteiger partial charge in [-0.25, -0.2) is 4.39 Å². The van der Waals surface area contributed by atoms with Gasteiger partial charge in [0.15, 0.2) is 11.6 Å². The van der Waals surface area contributed by atoms with E-state index in [0.29, 0.717) is 11.3 Å². The van der Waals surface area contributed by atoms with E-state index in [9.17, 15) is 9.18 Å². The summed E-state index contributed by atoms with van der Waals surface area (Å²) in [5.74, 6) is -1.07. The lowest BCUT2D eigenvalue weighted by molar-refractivity contribution is -0.138. The lowest BCUT2D eigenvalue weighted by Gasteiger charge is -2.26. The van der Waals surface area contributed by atoms with E-state index in [0.717, 1.165) is 0 Å². The highest BCUT2D eigenvalue weighted by Crippen LogP contribution is 2.38. The Hall–Kier alpha value is -1.78. The predicted octanol–water partition coefficient (Wildman–Crippen LogP) is 2.60. The maximum Gasteiger partial charge on any atom is 0.304 e. The van der Waals surface area contributed by atoms with Crippen LogP contribution in [0.2, 0.25) is 0 Å². The fraction of sp³-hybridized carbons (Fsp3) is 0.462. The van der Waals surface area contributed by atoms with Crippen molar-refractivity contribution < 1.29 is 23.8 Å². The molecule has 0 unspecified atom stereocenters. The first kappa shape index (κ1) is 14.3. The second kappa shape index (κ2) is 5.25. The van der Waals surface area contributed by atoms with E-state index >= 15 is 0 Å². The molecular formula is C13H17FO4. The number of benzene rings is 1. The molecule has 0 fully saturated rings. The molecule has 0 atom stereocenters. The van der Waals surface area contributed by atoms with E-state index in [-0.39, 0.29) is 12.2 Å². The molecule has 100 valence electrons. The Morgan fingerprint density at radius 1 is 1.28 bits per heavy atom. The second-order valence-corrected chi connectivity index (χ2v) is 4.64. The molecule has 0 amide bonds. The first-order valence-electron chi connectivity index (χ1n) is 5.45. The molecule has 0 aliphatic carbocycles. The van der Waals surface area contributed by atoms with Crippen LogP contribution in [0.3, 0.4) is 0 Å². The summed E-state index contributed by atoms with van der Waals surface area (Å²) < 4.78 is 23.6. The molecule has 4 nitrogen and oxygen atoms in total. The van der Waals surface area contributed by atoms with Gasteiger partial charge in [0.1, 0.15) is 5.75 Å². The molecule has 1 N–H and O–H groups in total. The molecule has 0 saturated carbocycles. The van der Waals surface area contributed by atoms with Crippen LogP contribution in [0.25, 0.3) is 0 Å². The standard InChI is InChI=1S/C13H17FO4/c1-13(2,7-12(15)16)8-5-11(18-4)9(14)6-10(8)17-3/h5-6H,7H2,1-4H3,(H,15,16). The minimum absolute atomic E-state index is 0.0734. The van der Waals surface area contributed by atoms with Crippen LogP contribution in [-0.4, -0.2) is 25.3 Å². The maximum atomic E-state index is 13.5. The molecule has 0 aromatic heterocycles. The number of hydrogen-bond acceptors (Lipinski definition) is 3. The molecule has 5 heteroatoms. The van der Waals surface area contributed by atoms with Crippen molar-refractivity contribution in [1.82, 2.24) is 0 Å². The minimum atomic E-state index is -0.926. The minimum Gasteiger partial charge on any atom is -0.496 e. The molecule has 18 heavy (non-hydrogen) atoms. The third kappa shape index (κ3) is 2.91. The van der Waals surface area contributed by atoms with Gasteiger partial charge in [-0.3, -0.25) is 4.79 Å². The zero-order valence-electron chi connectivity index (χ0n) is 10.9. The number of carboxylic acids is 1. The van der Waals surface area contributed by atoms with E-state index in [1.807, 2.05) is 0 Å². The highest BCUT2D eigenvalue weighted by molar-refractivity contribution is 5.69. The molecule has 1 aromatic carbocycles. The van der Waals surface area contributed by atoms with Gasteiger partial charge in [0.05, 0.1) is 20.6 Å². The van der Waals surface area contributed by atoms with Crippen molar-refractivity contribution >= 4 is 5.97 Å². The van der Waals surface area contributed by atoms with Gasteiger partial charge in [0.2, 0.25) is 0 Å². The molecule has 0 radical (unpaired) electrons.